The van der Waals surface area contributed by atoms with Crippen LogP contribution >= 0.6 is 0 Å². The van der Waals surface area contributed by atoms with E-state index in [1.54, 1.807) is 10.9 Å². The number of carbonyl (C=O) groups is 1. The second kappa shape index (κ2) is 5.44. The highest BCUT2D eigenvalue weighted by Crippen LogP contribution is 2.22. The van der Waals surface area contributed by atoms with Gasteiger partial charge in [-0.05, 0) is 30.2 Å². The van der Waals surface area contributed by atoms with Crippen LogP contribution in [-0.2, 0) is 20.0 Å². The number of aryl methyl sites for hydroxylation is 2. The van der Waals surface area contributed by atoms with Crippen molar-refractivity contribution in [1.82, 2.24) is 15.1 Å². The summed E-state index contributed by atoms with van der Waals surface area (Å²) in [4.78, 5) is 12.3. The van der Waals surface area contributed by atoms with E-state index >= 15 is 0 Å². The molecule has 1 amide bonds. The van der Waals surface area contributed by atoms with Crippen LogP contribution < -0.4 is 5.32 Å². The number of amides is 1. The first-order valence-corrected chi connectivity index (χ1v) is 6.94. The van der Waals surface area contributed by atoms with Gasteiger partial charge in [-0.25, -0.2) is 0 Å². The molecule has 1 N–H and O–H groups in total. The van der Waals surface area contributed by atoms with E-state index in [1.165, 1.54) is 11.8 Å². The molecule has 0 bridgehead atoms. The number of benzene rings is 1. The highest BCUT2D eigenvalue weighted by molar-refractivity contribution is 6.06. The standard InChI is InChI=1S/C16H17N3O2/c1-3-11-4-5-15-13(8-11)14(10-21-15)16(20)17-9-12-6-7-18-19(12)2/h4-8,10H,3,9H2,1-2H3,(H,17,20). The van der Waals surface area contributed by atoms with Gasteiger partial charge in [0.2, 0.25) is 0 Å². The number of furan rings is 1. The van der Waals surface area contributed by atoms with Crippen LogP contribution in [0.3, 0.4) is 0 Å². The summed E-state index contributed by atoms with van der Waals surface area (Å²) in [7, 11) is 1.85. The molecule has 0 aliphatic rings. The van der Waals surface area contributed by atoms with Crippen molar-refractivity contribution in [2.24, 2.45) is 7.05 Å². The molecule has 3 rings (SSSR count). The maximum Gasteiger partial charge on any atom is 0.255 e. The fourth-order valence-corrected chi connectivity index (χ4v) is 2.31. The van der Waals surface area contributed by atoms with Crippen LogP contribution in [0.15, 0.2) is 41.1 Å². The fourth-order valence-electron chi connectivity index (χ4n) is 2.31. The first-order chi connectivity index (χ1) is 10.2. The molecular weight excluding hydrogens is 266 g/mol. The first-order valence-electron chi connectivity index (χ1n) is 6.94. The van der Waals surface area contributed by atoms with Crippen LogP contribution in [0.4, 0.5) is 0 Å². The van der Waals surface area contributed by atoms with E-state index in [0.717, 1.165) is 23.1 Å². The van der Waals surface area contributed by atoms with Gasteiger partial charge in [-0.3, -0.25) is 9.48 Å². The summed E-state index contributed by atoms with van der Waals surface area (Å²) >= 11 is 0. The van der Waals surface area contributed by atoms with E-state index in [1.807, 2.05) is 31.3 Å². The van der Waals surface area contributed by atoms with Gasteiger partial charge in [-0.2, -0.15) is 5.10 Å². The zero-order valence-electron chi connectivity index (χ0n) is 12.1. The van der Waals surface area contributed by atoms with E-state index in [2.05, 4.69) is 17.3 Å². The Morgan fingerprint density at radius 2 is 2.24 bits per heavy atom. The minimum Gasteiger partial charge on any atom is -0.463 e. The topological polar surface area (TPSA) is 60.1 Å². The molecule has 0 spiro atoms. The van der Waals surface area contributed by atoms with Gasteiger partial charge < -0.3 is 9.73 Å². The molecule has 3 aromatic rings. The molecule has 5 heteroatoms. The fraction of sp³-hybridized carbons (Fsp3) is 0.250. The number of hydrogen-bond acceptors (Lipinski definition) is 3. The number of hydrogen-bond donors (Lipinski definition) is 1. The summed E-state index contributed by atoms with van der Waals surface area (Å²) in [6.07, 6.45) is 4.15. The number of nitrogens with zero attached hydrogens (tertiary/aromatic N) is 2. The Labute approximate surface area is 122 Å². The maximum absolute atomic E-state index is 12.3. The Bertz CT molecular complexity index is 786. The average molecular weight is 283 g/mol. The number of nitrogens with one attached hydrogen (secondary N) is 1. The Hall–Kier alpha value is -2.56. The second-order valence-corrected chi connectivity index (χ2v) is 4.96. The SMILES string of the molecule is CCc1ccc2occ(C(=O)NCc3ccnn3C)c2c1. The average Bonchev–Trinajstić information content (AvgIpc) is 3.10. The van der Waals surface area contributed by atoms with Gasteiger partial charge in [-0.15, -0.1) is 0 Å². The lowest BCUT2D eigenvalue weighted by Gasteiger charge is -2.04. The van der Waals surface area contributed by atoms with E-state index in [9.17, 15) is 4.79 Å². The predicted octanol–water partition coefficient (Wildman–Crippen LogP) is 2.66. The van der Waals surface area contributed by atoms with Crippen molar-refractivity contribution < 1.29 is 9.21 Å². The summed E-state index contributed by atoms with van der Waals surface area (Å²) in [5.74, 6) is -0.136. The second-order valence-electron chi connectivity index (χ2n) is 4.96. The Kier molecular flexibility index (Phi) is 3.48. The third kappa shape index (κ3) is 2.54. The van der Waals surface area contributed by atoms with Crippen molar-refractivity contribution in [3.05, 3.63) is 53.5 Å². The summed E-state index contributed by atoms with van der Waals surface area (Å²) in [6, 6.07) is 7.82. The molecule has 0 radical (unpaired) electrons. The minimum atomic E-state index is -0.136. The summed E-state index contributed by atoms with van der Waals surface area (Å²) in [5, 5.41) is 7.83. The highest BCUT2D eigenvalue weighted by atomic mass is 16.3. The normalized spacial score (nSPS) is 11.0. The molecule has 0 fully saturated rings. The predicted molar refractivity (Wildman–Crippen MR) is 80.0 cm³/mol. The number of carbonyl (C=O) groups excluding carboxylic acids is 1. The summed E-state index contributed by atoms with van der Waals surface area (Å²) in [5.41, 5.74) is 3.44. The monoisotopic (exact) mass is 283 g/mol. The van der Waals surface area contributed by atoms with Crippen LogP contribution in [0.25, 0.3) is 11.0 Å². The van der Waals surface area contributed by atoms with Gasteiger partial charge >= 0.3 is 0 Å². The maximum atomic E-state index is 12.3. The molecule has 21 heavy (non-hydrogen) atoms. The molecule has 0 unspecified atom stereocenters. The van der Waals surface area contributed by atoms with Gasteiger partial charge in [0.15, 0.2) is 0 Å². The lowest BCUT2D eigenvalue weighted by atomic mass is 10.1. The van der Waals surface area contributed by atoms with Crippen molar-refractivity contribution in [1.29, 1.82) is 0 Å². The van der Waals surface area contributed by atoms with Gasteiger partial charge in [0, 0.05) is 18.6 Å². The number of fused-ring (bicyclic) bond motifs is 1. The lowest BCUT2D eigenvalue weighted by molar-refractivity contribution is 0.0951. The first kappa shape index (κ1) is 13.4. The zero-order chi connectivity index (χ0) is 14.8. The van der Waals surface area contributed by atoms with Crippen LogP contribution in [0.2, 0.25) is 0 Å². The summed E-state index contributed by atoms with van der Waals surface area (Å²) in [6.45, 7) is 2.53. The molecule has 5 nitrogen and oxygen atoms in total. The minimum absolute atomic E-state index is 0.136. The van der Waals surface area contributed by atoms with Crippen LogP contribution in [0, 0.1) is 0 Å². The molecule has 2 heterocycles. The molecule has 0 saturated heterocycles. The van der Waals surface area contributed by atoms with Gasteiger partial charge in [0.25, 0.3) is 5.91 Å². The van der Waals surface area contributed by atoms with Crippen LogP contribution in [0.5, 0.6) is 0 Å². The molecular formula is C16H17N3O2. The smallest absolute Gasteiger partial charge is 0.255 e. The van der Waals surface area contributed by atoms with Gasteiger partial charge in [0.1, 0.15) is 11.8 Å². The quantitative estimate of drug-likeness (QED) is 0.800. The third-order valence-corrected chi connectivity index (χ3v) is 3.64. The van der Waals surface area contributed by atoms with E-state index < -0.39 is 0 Å². The molecule has 0 atom stereocenters. The largest absolute Gasteiger partial charge is 0.463 e. The molecule has 2 aromatic heterocycles. The van der Waals surface area contributed by atoms with Gasteiger partial charge in [-0.1, -0.05) is 13.0 Å². The molecule has 0 saturated carbocycles. The Balaban J connectivity index is 1.82. The van der Waals surface area contributed by atoms with Crippen molar-refractivity contribution >= 4 is 16.9 Å². The van der Waals surface area contributed by atoms with Gasteiger partial charge in [0.05, 0.1) is 17.8 Å². The number of aromatic nitrogens is 2. The highest BCUT2D eigenvalue weighted by Gasteiger charge is 2.14. The zero-order valence-corrected chi connectivity index (χ0v) is 12.1. The van der Waals surface area contributed by atoms with Crippen LogP contribution in [0.1, 0.15) is 28.5 Å². The number of rotatable bonds is 4. The van der Waals surface area contributed by atoms with E-state index in [0.29, 0.717) is 12.1 Å². The van der Waals surface area contributed by atoms with Crippen molar-refractivity contribution in [2.45, 2.75) is 19.9 Å². The van der Waals surface area contributed by atoms with Crippen molar-refractivity contribution in [3.63, 3.8) is 0 Å². The van der Waals surface area contributed by atoms with E-state index in [-0.39, 0.29) is 5.91 Å². The summed E-state index contributed by atoms with van der Waals surface area (Å²) < 4.78 is 7.19. The lowest BCUT2D eigenvalue weighted by Crippen LogP contribution is -2.23. The molecule has 1 aromatic carbocycles. The van der Waals surface area contributed by atoms with Crippen molar-refractivity contribution in [3.8, 4) is 0 Å². The molecule has 108 valence electrons. The van der Waals surface area contributed by atoms with E-state index in [4.69, 9.17) is 4.42 Å². The van der Waals surface area contributed by atoms with Crippen LogP contribution in [-0.4, -0.2) is 15.7 Å². The Morgan fingerprint density at radius 1 is 1.38 bits per heavy atom. The third-order valence-electron chi connectivity index (χ3n) is 3.64. The molecule has 0 aliphatic carbocycles. The molecule has 0 aliphatic heterocycles. The van der Waals surface area contributed by atoms with Crippen molar-refractivity contribution in [2.75, 3.05) is 0 Å². The Morgan fingerprint density at radius 3 is 2.95 bits per heavy atom.